The summed E-state index contributed by atoms with van der Waals surface area (Å²) in [5, 5.41) is 8.67. The first-order valence-electron chi connectivity index (χ1n) is 6.64. The second-order valence-electron chi connectivity index (χ2n) is 4.54. The van der Waals surface area contributed by atoms with E-state index < -0.39 is 0 Å². The summed E-state index contributed by atoms with van der Waals surface area (Å²) in [5.74, 6) is 1.36. The fourth-order valence-electron chi connectivity index (χ4n) is 1.99. The maximum atomic E-state index is 8.67. The molecule has 0 saturated carbocycles. The average molecular weight is 346 g/mol. The van der Waals surface area contributed by atoms with E-state index in [0.29, 0.717) is 30.9 Å². The van der Waals surface area contributed by atoms with Gasteiger partial charge < -0.3 is 9.47 Å². The smallest absolute Gasteiger partial charge is 0.175 e. The lowest BCUT2D eigenvalue weighted by molar-refractivity contribution is 0.282. The number of benzene rings is 2. The fraction of sp³-hybridized carbons (Fsp3) is 0.235. The van der Waals surface area contributed by atoms with Gasteiger partial charge in [0, 0.05) is 6.42 Å². The molecule has 0 heterocycles. The minimum atomic E-state index is 0.480. The normalized spacial score (nSPS) is 9.95. The maximum Gasteiger partial charge on any atom is 0.175 e. The quantitative estimate of drug-likeness (QED) is 0.774. The van der Waals surface area contributed by atoms with Crippen molar-refractivity contribution in [3.63, 3.8) is 0 Å². The predicted molar refractivity (Wildman–Crippen MR) is 85.4 cm³/mol. The van der Waals surface area contributed by atoms with Gasteiger partial charge in [0.25, 0.3) is 0 Å². The van der Waals surface area contributed by atoms with E-state index in [-0.39, 0.29) is 0 Å². The van der Waals surface area contributed by atoms with Gasteiger partial charge in [0.15, 0.2) is 11.5 Å². The largest absolute Gasteiger partial charge is 0.493 e. The van der Waals surface area contributed by atoms with Crippen LogP contribution in [0.15, 0.2) is 46.9 Å². The van der Waals surface area contributed by atoms with E-state index in [1.807, 2.05) is 42.5 Å². The van der Waals surface area contributed by atoms with Crippen LogP contribution in [0.3, 0.4) is 0 Å². The van der Waals surface area contributed by atoms with Gasteiger partial charge >= 0.3 is 0 Å². The van der Waals surface area contributed by atoms with Crippen LogP contribution in [-0.4, -0.2) is 7.11 Å². The summed E-state index contributed by atoms with van der Waals surface area (Å²) in [6.45, 7) is 0.480. The Morgan fingerprint density at radius 2 is 1.90 bits per heavy atom. The Labute approximate surface area is 133 Å². The van der Waals surface area contributed by atoms with Crippen LogP contribution in [0.5, 0.6) is 11.5 Å². The molecule has 2 aromatic rings. The van der Waals surface area contributed by atoms with Crippen molar-refractivity contribution in [3.05, 3.63) is 58.1 Å². The fourth-order valence-corrected chi connectivity index (χ4v) is 2.59. The Kier molecular flexibility index (Phi) is 5.65. The van der Waals surface area contributed by atoms with E-state index in [4.69, 9.17) is 14.7 Å². The van der Waals surface area contributed by atoms with Gasteiger partial charge in [-0.1, -0.05) is 30.3 Å². The number of hydrogen-bond acceptors (Lipinski definition) is 3. The van der Waals surface area contributed by atoms with Gasteiger partial charge in [-0.05, 0) is 45.6 Å². The van der Waals surface area contributed by atoms with Crippen LogP contribution in [0.2, 0.25) is 0 Å². The van der Waals surface area contributed by atoms with Crippen LogP contribution in [0.4, 0.5) is 0 Å². The van der Waals surface area contributed by atoms with Gasteiger partial charge in [0.1, 0.15) is 6.61 Å². The number of rotatable bonds is 6. The van der Waals surface area contributed by atoms with Crippen molar-refractivity contribution in [2.45, 2.75) is 19.4 Å². The molecule has 0 atom stereocenters. The topological polar surface area (TPSA) is 42.2 Å². The lowest BCUT2D eigenvalue weighted by Crippen LogP contribution is -1.99. The van der Waals surface area contributed by atoms with Crippen LogP contribution >= 0.6 is 15.9 Å². The molecule has 0 fully saturated rings. The zero-order chi connectivity index (χ0) is 15.1. The van der Waals surface area contributed by atoms with Crippen molar-refractivity contribution in [1.29, 1.82) is 5.26 Å². The second-order valence-corrected chi connectivity index (χ2v) is 5.40. The van der Waals surface area contributed by atoms with E-state index in [1.165, 1.54) is 0 Å². The van der Waals surface area contributed by atoms with E-state index in [0.717, 1.165) is 15.6 Å². The Morgan fingerprint density at radius 1 is 1.14 bits per heavy atom. The third-order valence-electron chi connectivity index (χ3n) is 3.04. The molecule has 2 aromatic carbocycles. The summed E-state index contributed by atoms with van der Waals surface area (Å²) < 4.78 is 12.1. The van der Waals surface area contributed by atoms with Gasteiger partial charge in [-0.25, -0.2) is 0 Å². The van der Waals surface area contributed by atoms with Crippen molar-refractivity contribution >= 4 is 15.9 Å². The molecule has 0 aromatic heterocycles. The summed E-state index contributed by atoms with van der Waals surface area (Å²) in [4.78, 5) is 0. The molecule has 0 aliphatic heterocycles. The molecule has 0 spiro atoms. The first-order valence-corrected chi connectivity index (χ1v) is 7.44. The minimum absolute atomic E-state index is 0.480. The number of ether oxygens (including phenoxy) is 2. The Morgan fingerprint density at radius 3 is 2.57 bits per heavy atom. The Bertz CT molecular complexity index is 635. The number of methoxy groups -OCH3 is 1. The SMILES string of the molecule is COc1cc(CCC#N)cc(Br)c1OCc1ccccc1. The molecule has 0 radical (unpaired) electrons. The highest BCUT2D eigenvalue weighted by atomic mass is 79.9. The Balaban J connectivity index is 2.17. The van der Waals surface area contributed by atoms with Crippen molar-refractivity contribution < 1.29 is 9.47 Å². The molecule has 2 rings (SSSR count). The van der Waals surface area contributed by atoms with Crippen LogP contribution in [0.1, 0.15) is 17.5 Å². The lowest BCUT2D eigenvalue weighted by atomic mass is 10.1. The highest BCUT2D eigenvalue weighted by Crippen LogP contribution is 2.37. The maximum absolute atomic E-state index is 8.67. The highest BCUT2D eigenvalue weighted by molar-refractivity contribution is 9.10. The van der Waals surface area contributed by atoms with Crippen molar-refractivity contribution in [3.8, 4) is 17.6 Å². The van der Waals surface area contributed by atoms with Gasteiger partial charge in [0.2, 0.25) is 0 Å². The van der Waals surface area contributed by atoms with Gasteiger partial charge in [-0.3, -0.25) is 0 Å². The molecule has 0 aliphatic rings. The van der Waals surface area contributed by atoms with E-state index >= 15 is 0 Å². The van der Waals surface area contributed by atoms with E-state index in [2.05, 4.69) is 22.0 Å². The van der Waals surface area contributed by atoms with Crippen molar-refractivity contribution in [2.24, 2.45) is 0 Å². The summed E-state index contributed by atoms with van der Waals surface area (Å²) in [7, 11) is 1.62. The third-order valence-corrected chi connectivity index (χ3v) is 3.63. The summed E-state index contributed by atoms with van der Waals surface area (Å²) in [6, 6.07) is 16.0. The molecular weight excluding hydrogens is 330 g/mol. The van der Waals surface area contributed by atoms with Crippen LogP contribution in [-0.2, 0) is 13.0 Å². The minimum Gasteiger partial charge on any atom is -0.493 e. The summed E-state index contributed by atoms with van der Waals surface area (Å²) in [6.07, 6.45) is 1.18. The van der Waals surface area contributed by atoms with Crippen LogP contribution in [0, 0.1) is 11.3 Å². The van der Waals surface area contributed by atoms with Crippen LogP contribution in [0.25, 0.3) is 0 Å². The monoisotopic (exact) mass is 345 g/mol. The summed E-state index contributed by atoms with van der Waals surface area (Å²) in [5.41, 5.74) is 2.15. The number of aryl methyl sites for hydroxylation is 1. The van der Waals surface area contributed by atoms with Gasteiger partial charge in [0.05, 0.1) is 17.7 Å². The molecule has 21 heavy (non-hydrogen) atoms. The zero-order valence-corrected chi connectivity index (χ0v) is 13.4. The zero-order valence-electron chi connectivity index (χ0n) is 11.8. The predicted octanol–water partition coefficient (Wildman–Crippen LogP) is 4.49. The molecule has 0 unspecified atom stereocenters. The average Bonchev–Trinajstić information content (AvgIpc) is 2.52. The Hall–Kier alpha value is -1.99. The van der Waals surface area contributed by atoms with Crippen molar-refractivity contribution in [1.82, 2.24) is 0 Å². The molecule has 108 valence electrons. The molecular formula is C17H16BrNO2. The third kappa shape index (κ3) is 4.24. The molecule has 3 nitrogen and oxygen atoms in total. The lowest BCUT2D eigenvalue weighted by Gasteiger charge is -2.14. The van der Waals surface area contributed by atoms with Crippen LogP contribution < -0.4 is 9.47 Å². The van der Waals surface area contributed by atoms with Gasteiger partial charge in [-0.15, -0.1) is 0 Å². The second kappa shape index (κ2) is 7.70. The number of halogens is 1. The summed E-state index contributed by atoms with van der Waals surface area (Å²) >= 11 is 3.52. The number of nitrogens with zero attached hydrogens (tertiary/aromatic N) is 1. The first-order chi connectivity index (χ1) is 10.2. The molecule has 0 amide bonds. The molecule has 0 bridgehead atoms. The van der Waals surface area contributed by atoms with E-state index in [9.17, 15) is 0 Å². The standard InChI is InChI=1S/C17H16BrNO2/c1-20-16-11-14(8-5-9-19)10-15(18)17(16)21-12-13-6-3-2-4-7-13/h2-4,6-7,10-11H,5,8,12H2,1H3. The molecule has 0 N–H and O–H groups in total. The molecule has 4 heteroatoms. The van der Waals surface area contributed by atoms with Crippen molar-refractivity contribution in [2.75, 3.05) is 7.11 Å². The molecule has 0 aliphatic carbocycles. The van der Waals surface area contributed by atoms with E-state index in [1.54, 1.807) is 7.11 Å². The molecule has 0 saturated heterocycles. The van der Waals surface area contributed by atoms with Gasteiger partial charge in [-0.2, -0.15) is 5.26 Å². The first kappa shape index (κ1) is 15.4. The highest BCUT2D eigenvalue weighted by Gasteiger charge is 2.12. The number of hydrogen-bond donors (Lipinski definition) is 0. The number of nitriles is 1.